The van der Waals surface area contributed by atoms with Gasteiger partial charge >= 0.3 is 11.9 Å². The maximum atomic E-state index is 10.8. The highest BCUT2D eigenvalue weighted by molar-refractivity contribution is 5.73. The molecule has 0 spiro atoms. The summed E-state index contributed by atoms with van der Waals surface area (Å²) in [5, 5.41) is 8.49. The summed E-state index contributed by atoms with van der Waals surface area (Å²) < 4.78 is 4.94. The molecule has 82 valence electrons. The van der Waals surface area contributed by atoms with E-state index in [0.29, 0.717) is 19.3 Å². The van der Waals surface area contributed by atoms with Gasteiger partial charge in [-0.1, -0.05) is 6.92 Å². The lowest BCUT2D eigenvalue weighted by Gasteiger charge is -2.13. The van der Waals surface area contributed by atoms with Crippen molar-refractivity contribution in [2.45, 2.75) is 45.3 Å². The van der Waals surface area contributed by atoms with Crippen LogP contribution in [0.5, 0.6) is 0 Å². The molecule has 0 fully saturated rings. The molecule has 0 aromatic rings. The maximum absolute atomic E-state index is 10.8. The van der Waals surface area contributed by atoms with Crippen LogP contribution in [0.2, 0.25) is 0 Å². The summed E-state index contributed by atoms with van der Waals surface area (Å²) in [6.07, 6.45) is 0.843. The Bertz CT molecular complexity index is 205. The van der Waals surface area contributed by atoms with Gasteiger partial charge in [0.2, 0.25) is 0 Å². The number of hydrogen-bond donors (Lipinski definition) is 2. The number of carbonyl (C=O) groups excluding carboxylic acids is 1. The van der Waals surface area contributed by atoms with E-state index in [1.165, 1.54) is 0 Å². The van der Waals surface area contributed by atoms with E-state index in [9.17, 15) is 9.59 Å². The monoisotopic (exact) mass is 203 g/mol. The van der Waals surface area contributed by atoms with Gasteiger partial charge in [0.05, 0.1) is 6.10 Å². The van der Waals surface area contributed by atoms with Gasteiger partial charge in [-0.2, -0.15) is 0 Å². The average molecular weight is 203 g/mol. The van der Waals surface area contributed by atoms with E-state index >= 15 is 0 Å². The fraction of sp³-hybridized carbons (Fsp3) is 0.778. The van der Waals surface area contributed by atoms with Crippen molar-refractivity contribution < 1.29 is 19.4 Å². The number of carboxylic acid groups (broad SMARTS) is 1. The smallest absolute Gasteiger partial charge is 0.320 e. The highest BCUT2D eigenvalue weighted by Gasteiger charge is 2.14. The molecule has 0 heterocycles. The van der Waals surface area contributed by atoms with Crippen LogP contribution >= 0.6 is 0 Å². The minimum absolute atomic E-state index is 0.271. The number of hydrogen-bond acceptors (Lipinski definition) is 4. The van der Waals surface area contributed by atoms with Gasteiger partial charge < -0.3 is 15.6 Å². The Morgan fingerprint density at radius 3 is 2.43 bits per heavy atom. The molecular formula is C9H17NO4. The van der Waals surface area contributed by atoms with Crippen LogP contribution in [-0.4, -0.2) is 29.2 Å². The first-order chi connectivity index (χ1) is 6.47. The molecule has 0 rings (SSSR count). The summed E-state index contributed by atoms with van der Waals surface area (Å²) in [5.41, 5.74) is 5.29. The van der Waals surface area contributed by atoms with Crippen molar-refractivity contribution in [2.24, 2.45) is 5.73 Å². The molecule has 5 nitrogen and oxygen atoms in total. The quantitative estimate of drug-likeness (QED) is 0.614. The van der Waals surface area contributed by atoms with E-state index in [1.54, 1.807) is 13.8 Å². The molecule has 0 bridgehead atoms. The molecule has 0 aromatic heterocycles. The molecule has 0 aromatic carbocycles. The molecule has 0 saturated heterocycles. The Hall–Kier alpha value is -1.10. The zero-order valence-electron chi connectivity index (χ0n) is 8.53. The van der Waals surface area contributed by atoms with Gasteiger partial charge in [-0.25, -0.2) is 0 Å². The van der Waals surface area contributed by atoms with Crippen molar-refractivity contribution in [1.29, 1.82) is 0 Å². The summed E-state index contributed by atoms with van der Waals surface area (Å²) in [4.78, 5) is 21.2. The molecular weight excluding hydrogens is 186 g/mol. The third kappa shape index (κ3) is 5.53. The first-order valence-corrected chi connectivity index (χ1v) is 4.65. The van der Waals surface area contributed by atoms with Crippen molar-refractivity contribution in [1.82, 2.24) is 0 Å². The Labute approximate surface area is 83.2 Å². The van der Waals surface area contributed by atoms with Crippen molar-refractivity contribution in [3.05, 3.63) is 0 Å². The van der Waals surface area contributed by atoms with Gasteiger partial charge in [-0.15, -0.1) is 0 Å². The molecule has 0 aliphatic rings. The minimum atomic E-state index is -1.03. The fourth-order valence-electron chi connectivity index (χ4n) is 0.904. The van der Waals surface area contributed by atoms with Crippen LogP contribution in [0.3, 0.4) is 0 Å². The molecule has 0 aliphatic carbocycles. The number of carbonyl (C=O) groups is 2. The third-order valence-corrected chi connectivity index (χ3v) is 1.82. The average Bonchev–Trinajstić information content (AvgIpc) is 2.13. The lowest BCUT2D eigenvalue weighted by atomic mass is 10.1. The molecule has 0 saturated carbocycles. The summed E-state index contributed by atoms with van der Waals surface area (Å²) in [6, 6.07) is -0.877. The number of nitrogens with two attached hydrogens (primary N) is 1. The van der Waals surface area contributed by atoms with E-state index in [4.69, 9.17) is 15.6 Å². The van der Waals surface area contributed by atoms with Gasteiger partial charge in [0.15, 0.2) is 0 Å². The van der Waals surface area contributed by atoms with Crippen LogP contribution < -0.4 is 5.73 Å². The van der Waals surface area contributed by atoms with E-state index in [2.05, 4.69) is 0 Å². The summed E-state index contributed by atoms with van der Waals surface area (Å²) in [7, 11) is 0. The lowest BCUT2D eigenvalue weighted by molar-refractivity contribution is -0.148. The maximum Gasteiger partial charge on any atom is 0.320 e. The van der Waals surface area contributed by atoms with Crippen LogP contribution in [0.1, 0.15) is 33.1 Å². The van der Waals surface area contributed by atoms with Crippen molar-refractivity contribution in [2.75, 3.05) is 0 Å². The standard InChI is InChI=1S/C9H17NO4/c1-3-8(11)14-6(2)4-5-7(10)9(12)13/h6-7H,3-5,10H2,1-2H3,(H,12,13)/t6?,7-/m0/s1. The molecule has 0 aliphatic heterocycles. The Morgan fingerprint density at radius 2 is 2.00 bits per heavy atom. The number of rotatable bonds is 6. The van der Waals surface area contributed by atoms with Gasteiger partial charge in [0, 0.05) is 6.42 Å². The topological polar surface area (TPSA) is 89.6 Å². The third-order valence-electron chi connectivity index (χ3n) is 1.82. The van der Waals surface area contributed by atoms with E-state index in [0.717, 1.165) is 0 Å². The second-order valence-corrected chi connectivity index (χ2v) is 3.18. The Kier molecular flexibility index (Phi) is 5.87. The number of carboxylic acids is 1. The van der Waals surface area contributed by atoms with Crippen LogP contribution in [0.15, 0.2) is 0 Å². The van der Waals surface area contributed by atoms with E-state index in [1.807, 2.05) is 0 Å². The summed E-state index contributed by atoms with van der Waals surface area (Å²) in [5.74, 6) is -1.31. The molecule has 5 heteroatoms. The number of esters is 1. The van der Waals surface area contributed by atoms with E-state index in [-0.39, 0.29) is 12.1 Å². The molecule has 1 unspecified atom stereocenters. The zero-order chi connectivity index (χ0) is 11.1. The SMILES string of the molecule is CCC(=O)OC(C)CC[C@H](N)C(=O)O. The van der Waals surface area contributed by atoms with Crippen molar-refractivity contribution in [3.63, 3.8) is 0 Å². The molecule has 0 amide bonds. The van der Waals surface area contributed by atoms with Crippen molar-refractivity contribution in [3.8, 4) is 0 Å². The van der Waals surface area contributed by atoms with Gasteiger partial charge in [0.1, 0.15) is 6.04 Å². The Morgan fingerprint density at radius 1 is 1.43 bits per heavy atom. The minimum Gasteiger partial charge on any atom is -0.480 e. The zero-order valence-corrected chi connectivity index (χ0v) is 8.53. The number of aliphatic carboxylic acids is 1. The van der Waals surface area contributed by atoms with Gasteiger partial charge in [-0.3, -0.25) is 9.59 Å². The highest BCUT2D eigenvalue weighted by atomic mass is 16.5. The van der Waals surface area contributed by atoms with Crippen LogP contribution in [0.4, 0.5) is 0 Å². The second kappa shape index (κ2) is 6.37. The first-order valence-electron chi connectivity index (χ1n) is 4.65. The summed E-state index contributed by atoms with van der Waals surface area (Å²) in [6.45, 7) is 3.43. The molecule has 2 atom stereocenters. The van der Waals surface area contributed by atoms with E-state index < -0.39 is 12.0 Å². The molecule has 0 radical (unpaired) electrons. The van der Waals surface area contributed by atoms with Crippen LogP contribution in [-0.2, 0) is 14.3 Å². The largest absolute Gasteiger partial charge is 0.480 e. The molecule has 3 N–H and O–H groups in total. The first kappa shape index (κ1) is 12.9. The Balaban J connectivity index is 3.68. The van der Waals surface area contributed by atoms with Crippen LogP contribution in [0.25, 0.3) is 0 Å². The molecule has 14 heavy (non-hydrogen) atoms. The summed E-state index contributed by atoms with van der Waals surface area (Å²) >= 11 is 0. The predicted octanol–water partition coefficient (Wildman–Crippen LogP) is 0.520. The predicted molar refractivity (Wildman–Crippen MR) is 50.7 cm³/mol. The lowest BCUT2D eigenvalue weighted by Crippen LogP contribution is -2.31. The van der Waals surface area contributed by atoms with Gasteiger partial charge in [-0.05, 0) is 19.8 Å². The highest BCUT2D eigenvalue weighted by Crippen LogP contribution is 2.05. The normalized spacial score (nSPS) is 14.5. The number of ether oxygens (including phenoxy) is 1. The second-order valence-electron chi connectivity index (χ2n) is 3.18. The van der Waals surface area contributed by atoms with Gasteiger partial charge in [0.25, 0.3) is 0 Å². The van der Waals surface area contributed by atoms with Crippen LogP contribution in [0, 0.1) is 0 Å². The van der Waals surface area contributed by atoms with Crippen molar-refractivity contribution >= 4 is 11.9 Å². The fourth-order valence-corrected chi connectivity index (χ4v) is 0.904.